The van der Waals surface area contributed by atoms with Gasteiger partial charge in [0, 0.05) is 32.6 Å². The highest BCUT2D eigenvalue weighted by Gasteiger charge is 2.24. The molecule has 1 saturated carbocycles. The first-order chi connectivity index (χ1) is 14.3. The van der Waals surface area contributed by atoms with Gasteiger partial charge in [0.1, 0.15) is 5.75 Å². The first kappa shape index (κ1) is 21.0. The van der Waals surface area contributed by atoms with Crippen LogP contribution in [0.4, 0.5) is 0 Å². The third-order valence-electron chi connectivity index (χ3n) is 5.25. The van der Waals surface area contributed by atoms with E-state index in [4.69, 9.17) is 4.74 Å². The van der Waals surface area contributed by atoms with Gasteiger partial charge in [-0.2, -0.15) is 0 Å². The molecule has 0 spiro atoms. The SMILES string of the molecule is CN=C(NCCCNC(=O)C1CCC1)NCCCOc1ccc2ccccc2c1. The second-order valence-electron chi connectivity index (χ2n) is 7.41. The van der Waals surface area contributed by atoms with Gasteiger partial charge in [0.25, 0.3) is 0 Å². The smallest absolute Gasteiger partial charge is 0.223 e. The van der Waals surface area contributed by atoms with Crippen molar-refractivity contribution in [2.75, 3.05) is 33.3 Å². The number of amides is 1. The number of benzene rings is 2. The van der Waals surface area contributed by atoms with Crippen LogP contribution in [0.1, 0.15) is 32.1 Å². The van der Waals surface area contributed by atoms with E-state index in [-0.39, 0.29) is 11.8 Å². The van der Waals surface area contributed by atoms with Crippen molar-refractivity contribution in [3.05, 3.63) is 42.5 Å². The largest absolute Gasteiger partial charge is 0.494 e. The van der Waals surface area contributed by atoms with E-state index in [1.54, 1.807) is 7.05 Å². The van der Waals surface area contributed by atoms with Gasteiger partial charge in [0.2, 0.25) is 5.91 Å². The average molecular weight is 397 g/mol. The zero-order valence-corrected chi connectivity index (χ0v) is 17.2. The molecule has 29 heavy (non-hydrogen) atoms. The monoisotopic (exact) mass is 396 g/mol. The number of guanidine groups is 1. The lowest BCUT2D eigenvalue weighted by molar-refractivity contribution is -0.127. The molecule has 0 saturated heterocycles. The molecule has 1 fully saturated rings. The zero-order chi connectivity index (χ0) is 20.3. The highest BCUT2D eigenvalue weighted by Crippen LogP contribution is 2.26. The van der Waals surface area contributed by atoms with Crippen LogP contribution in [0.2, 0.25) is 0 Å². The van der Waals surface area contributed by atoms with Crippen LogP contribution in [0.25, 0.3) is 10.8 Å². The van der Waals surface area contributed by atoms with Crippen molar-refractivity contribution in [1.82, 2.24) is 16.0 Å². The molecule has 2 aromatic carbocycles. The van der Waals surface area contributed by atoms with E-state index >= 15 is 0 Å². The van der Waals surface area contributed by atoms with Crippen molar-refractivity contribution in [1.29, 1.82) is 0 Å². The maximum absolute atomic E-state index is 11.8. The summed E-state index contributed by atoms with van der Waals surface area (Å²) in [7, 11) is 1.76. The lowest BCUT2D eigenvalue weighted by atomic mass is 9.85. The highest BCUT2D eigenvalue weighted by atomic mass is 16.5. The fourth-order valence-corrected chi connectivity index (χ4v) is 3.27. The fourth-order valence-electron chi connectivity index (χ4n) is 3.27. The van der Waals surface area contributed by atoms with E-state index < -0.39 is 0 Å². The molecule has 1 aliphatic rings. The van der Waals surface area contributed by atoms with Crippen LogP contribution in [0.5, 0.6) is 5.75 Å². The minimum absolute atomic E-state index is 0.213. The Morgan fingerprint density at radius 3 is 2.45 bits per heavy atom. The molecule has 3 N–H and O–H groups in total. The minimum atomic E-state index is 0.213. The summed E-state index contributed by atoms with van der Waals surface area (Å²) < 4.78 is 5.86. The summed E-state index contributed by atoms with van der Waals surface area (Å²) in [5.41, 5.74) is 0. The van der Waals surface area contributed by atoms with E-state index in [9.17, 15) is 4.79 Å². The second kappa shape index (κ2) is 11.3. The van der Waals surface area contributed by atoms with Crippen molar-refractivity contribution in [2.24, 2.45) is 10.9 Å². The number of nitrogens with zero attached hydrogens (tertiary/aromatic N) is 1. The molecule has 0 radical (unpaired) electrons. The highest BCUT2D eigenvalue weighted by molar-refractivity contribution is 5.83. The molecule has 0 heterocycles. The van der Waals surface area contributed by atoms with Crippen molar-refractivity contribution < 1.29 is 9.53 Å². The van der Waals surface area contributed by atoms with Crippen LogP contribution in [-0.2, 0) is 4.79 Å². The summed E-state index contributed by atoms with van der Waals surface area (Å²) in [4.78, 5) is 16.0. The van der Waals surface area contributed by atoms with Crippen LogP contribution in [-0.4, -0.2) is 45.2 Å². The average Bonchev–Trinajstić information content (AvgIpc) is 2.70. The van der Waals surface area contributed by atoms with Gasteiger partial charge in [-0.05, 0) is 48.6 Å². The maximum Gasteiger partial charge on any atom is 0.223 e. The molecule has 0 unspecified atom stereocenters. The van der Waals surface area contributed by atoms with E-state index in [2.05, 4.69) is 45.2 Å². The molecule has 0 aliphatic heterocycles. The Kier molecular flexibility index (Phi) is 8.16. The van der Waals surface area contributed by atoms with Gasteiger partial charge in [-0.15, -0.1) is 0 Å². The lowest BCUT2D eigenvalue weighted by Gasteiger charge is -2.24. The number of hydrogen-bond donors (Lipinski definition) is 3. The Hall–Kier alpha value is -2.76. The standard InChI is InChI=1S/C23H32N4O2/c1-24-23(26-14-5-13-25-22(28)19-9-4-10-19)27-15-6-16-29-21-12-11-18-7-2-3-8-20(18)17-21/h2-3,7-8,11-12,17,19H,4-6,9-10,13-16H2,1H3,(H,25,28)(H2,24,26,27). The Morgan fingerprint density at radius 1 is 1.00 bits per heavy atom. The van der Waals surface area contributed by atoms with Gasteiger partial charge in [0.05, 0.1) is 6.61 Å². The molecule has 0 aromatic heterocycles. The quantitative estimate of drug-likeness (QED) is 0.328. The Bertz CT molecular complexity index is 817. The number of fused-ring (bicyclic) bond motifs is 1. The van der Waals surface area contributed by atoms with E-state index in [0.29, 0.717) is 13.2 Å². The van der Waals surface area contributed by atoms with Crippen LogP contribution in [0.15, 0.2) is 47.5 Å². The summed E-state index contributed by atoms with van der Waals surface area (Å²) in [6, 6.07) is 14.5. The number of carbonyl (C=O) groups is 1. The number of ether oxygens (including phenoxy) is 1. The Morgan fingerprint density at radius 2 is 1.72 bits per heavy atom. The van der Waals surface area contributed by atoms with Crippen molar-refractivity contribution in [2.45, 2.75) is 32.1 Å². The number of aliphatic imine (C=N–C) groups is 1. The molecule has 3 rings (SSSR count). The molecule has 2 aromatic rings. The molecule has 0 atom stereocenters. The van der Waals surface area contributed by atoms with Gasteiger partial charge in [0.15, 0.2) is 5.96 Å². The van der Waals surface area contributed by atoms with Crippen molar-refractivity contribution in [3.63, 3.8) is 0 Å². The van der Waals surface area contributed by atoms with Gasteiger partial charge in [-0.1, -0.05) is 36.8 Å². The van der Waals surface area contributed by atoms with Crippen LogP contribution in [0.3, 0.4) is 0 Å². The molecule has 0 bridgehead atoms. The topological polar surface area (TPSA) is 74.8 Å². The second-order valence-corrected chi connectivity index (χ2v) is 7.41. The number of nitrogens with one attached hydrogen (secondary N) is 3. The molecule has 1 aliphatic carbocycles. The summed E-state index contributed by atoms with van der Waals surface area (Å²) in [5, 5.41) is 12.0. The van der Waals surface area contributed by atoms with Crippen LogP contribution >= 0.6 is 0 Å². The van der Waals surface area contributed by atoms with Gasteiger partial charge in [-0.3, -0.25) is 9.79 Å². The van der Waals surface area contributed by atoms with Crippen molar-refractivity contribution in [3.8, 4) is 5.75 Å². The first-order valence-corrected chi connectivity index (χ1v) is 10.6. The normalized spacial score (nSPS) is 14.3. The number of carbonyl (C=O) groups excluding carboxylic acids is 1. The fraction of sp³-hybridized carbons (Fsp3) is 0.478. The van der Waals surface area contributed by atoms with Crippen molar-refractivity contribution >= 4 is 22.6 Å². The van der Waals surface area contributed by atoms with Gasteiger partial charge >= 0.3 is 0 Å². The summed E-state index contributed by atoms with van der Waals surface area (Å²) in [5.74, 6) is 2.15. The lowest BCUT2D eigenvalue weighted by Crippen LogP contribution is -2.40. The number of hydrogen-bond acceptors (Lipinski definition) is 3. The predicted octanol–water partition coefficient (Wildman–Crippen LogP) is 3.08. The molecule has 156 valence electrons. The molecule has 6 nitrogen and oxygen atoms in total. The number of rotatable bonds is 10. The van der Waals surface area contributed by atoms with Gasteiger partial charge < -0.3 is 20.7 Å². The third kappa shape index (κ3) is 6.66. The summed E-state index contributed by atoms with van der Waals surface area (Å²) >= 11 is 0. The molecular formula is C23H32N4O2. The first-order valence-electron chi connectivity index (χ1n) is 10.6. The Labute approximate surface area is 173 Å². The summed E-state index contributed by atoms with van der Waals surface area (Å²) in [6.45, 7) is 2.92. The van der Waals surface area contributed by atoms with Gasteiger partial charge in [-0.25, -0.2) is 0 Å². The third-order valence-corrected chi connectivity index (χ3v) is 5.25. The predicted molar refractivity (Wildman–Crippen MR) is 118 cm³/mol. The zero-order valence-electron chi connectivity index (χ0n) is 17.2. The van der Waals surface area contributed by atoms with Crippen LogP contribution in [0, 0.1) is 5.92 Å². The van der Waals surface area contributed by atoms with E-state index in [1.165, 1.54) is 17.2 Å². The molecule has 6 heteroatoms. The van der Waals surface area contributed by atoms with E-state index in [1.807, 2.05) is 18.2 Å². The molecule has 1 amide bonds. The van der Waals surface area contributed by atoms with E-state index in [0.717, 1.165) is 50.5 Å². The maximum atomic E-state index is 11.8. The van der Waals surface area contributed by atoms with Crippen LogP contribution < -0.4 is 20.7 Å². The molecular weight excluding hydrogens is 364 g/mol. The minimum Gasteiger partial charge on any atom is -0.494 e. The Balaban J connectivity index is 1.24. The summed E-state index contributed by atoms with van der Waals surface area (Å²) in [6.07, 6.45) is 5.04.